The van der Waals surface area contributed by atoms with Crippen molar-refractivity contribution in [2.45, 2.75) is 115 Å². The van der Waals surface area contributed by atoms with E-state index in [0.29, 0.717) is 84.0 Å². The lowest BCUT2D eigenvalue weighted by Crippen LogP contribution is -2.65. The summed E-state index contributed by atoms with van der Waals surface area (Å²) >= 11 is 0. The fraction of sp³-hybridized carbons (Fsp3) is 0.536. The fourth-order valence-electron chi connectivity index (χ4n) is 13.8. The van der Waals surface area contributed by atoms with E-state index in [0.717, 1.165) is 89.2 Å². The Bertz CT molecular complexity index is 3070. The molecule has 384 valence electrons. The second kappa shape index (κ2) is 17.8. The van der Waals surface area contributed by atoms with E-state index < -0.39 is 29.2 Å². The Morgan fingerprint density at radius 1 is 0.877 bits per heavy atom. The Kier molecular flexibility index (Phi) is 11.7. The van der Waals surface area contributed by atoms with Crippen LogP contribution in [0.25, 0.3) is 32.9 Å². The minimum absolute atomic E-state index is 0.0149. The van der Waals surface area contributed by atoms with Crippen molar-refractivity contribution in [3.8, 4) is 23.0 Å². The van der Waals surface area contributed by atoms with Crippen molar-refractivity contribution in [2.24, 2.45) is 10.8 Å². The van der Waals surface area contributed by atoms with Crippen LogP contribution >= 0.6 is 0 Å². The average Bonchev–Trinajstić information content (AvgIpc) is 4.05. The number of benzene rings is 3. The van der Waals surface area contributed by atoms with E-state index in [1.807, 2.05) is 24.0 Å². The number of imide groups is 1. The third-order valence-electron chi connectivity index (χ3n) is 17.7. The first-order valence-electron chi connectivity index (χ1n) is 26.4. The normalized spacial score (nSPS) is 24.8. The first-order valence-corrected chi connectivity index (χ1v) is 26.4. The Balaban J connectivity index is 0.685. The van der Waals surface area contributed by atoms with Crippen LogP contribution in [0.5, 0.6) is 11.8 Å². The Morgan fingerprint density at radius 2 is 1.66 bits per heavy atom. The highest BCUT2D eigenvalue weighted by molar-refractivity contribution is 6.06. The van der Waals surface area contributed by atoms with Gasteiger partial charge in [-0.3, -0.25) is 29.6 Å². The molecule has 17 heteroatoms. The van der Waals surface area contributed by atoms with Crippen molar-refractivity contribution in [3.05, 3.63) is 77.0 Å². The highest BCUT2D eigenvalue weighted by atomic mass is 19.1. The number of piperidine rings is 3. The molecule has 12 rings (SSSR count). The minimum Gasteiger partial charge on any atom is -0.508 e. The molecule has 1 unspecified atom stereocenters. The number of hydrogen-bond donors (Lipinski definition) is 3. The number of fused-ring (bicyclic) bond motifs is 3. The minimum atomic E-state index is -0.966. The number of nitrogens with one attached hydrogen (secondary N) is 1. The van der Waals surface area contributed by atoms with Crippen molar-refractivity contribution in [1.29, 1.82) is 0 Å². The zero-order chi connectivity index (χ0) is 50.6. The predicted molar refractivity (Wildman–Crippen MR) is 272 cm³/mol. The number of halogens is 2. The van der Waals surface area contributed by atoms with Gasteiger partial charge in [-0.2, -0.15) is 9.97 Å². The number of nitrogens with zero attached hydrogens (tertiary/aromatic N) is 8. The van der Waals surface area contributed by atoms with Gasteiger partial charge in [-0.15, -0.1) is 0 Å². The van der Waals surface area contributed by atoms with Gasteiger partial charge in [0.25, 0.3) is 5.91 Å². The Labute approximate surface area is 423 Å². The van der Waals surface area contributed by atoms with Crippen LogP contribution in [0, 0.1) is 22.5 Å². The van der Waals surface area contributed by atoms with Crippen LogP contribution in [-0.2, 0) is 22.6 Å². The summed E-state index contributed by atoms with van der Waals surface area (Å²) in [4.78, 5) is 63.0. The van der Waals surface area contributed by atoms with E-state index in [-0.39, 0.29) is 57.7 Å². The van der Waals surface area contributed by atoms with Gasteiger partial charge in [-0.05, 0) is 155 Å². The molecule has 5 aromatic rings. The molecule has 0 radical (unpaired) electrons. The van der Waals surface area contributed by atoms with E-state index in [1.165, 1.54) is 31.2 Å². The third kappa shape index (κ3) is 8.72. The topological polar surface area (TPSA) is 168 Å². The number of β-amino-alcohol motifs (C(OH)–C–C–N with tert-alkyl or cyclic N) is 1. The summed E-state index contributed by atoms with van der Waals surface area (Å²) in [6, 6.07) is 11.4. The van der Waals surface area contributed by atoms with E-state index in [9.17, 15) is 24.6 Å². The highest BCUT2D eigenvalue weighted by Crippen LogP contribution is 2.58. The molecule has 2 saturated carbocycles. The summed E-state index contributed by atoms with van der Waals surface area (Å²) in [5.74, 6) is -1.60. The van der Waals surface area contributed by atoms with Crippen molar-refractivity contribution in [1.82, 2.24) is 35.0 Å². The first kappa shape index (κ1) is 47.9. The second-order valence-corrected chi connectivity index (χ2v) is 23.1. The van der Waals surface area contributed by atoms with Crippen LogP contribution in [-0.4, -0.2) is 140 Å². The molecule has 3 amide bonds. The van der Waals surface area contributed by atoms with Crippen LogP contribution in [0.15, 0.2) is 48.7 Å². The Hall–Kier alpha value is -6.04. The van der Waals surface area contributed by atoms with Crippen molar-refractivity contribution < 1.29 is 38.1 Å². The monoisotopic (exact) mass is 998 g/mol. The number of anilines is 2. The molecule has 2 atom stereocenters. The molecule has 7 heterocycles. The van der Waals surface area contributed by atoms with E-state index in [1.54, 1.807) is 24.0 Å². The van der Waals surface area contributed by atoms with Gasteiger partial charge >= 0.3 is 6.01 Å². The number of rotatable bonds is 11. The smallest absolute Gasteiger partial charge is 0.319 e. The average molecular weight is 998 g/mol. The lowest BCUT2D eigenvalue weighted by Gasteiger charge is -2.63. The molecule has 5 aliphatic heterocycles. The van der Waals surface area contributed by atoms with Crippen LogP contribution in [0.1, 0.15) is 106 Å². The number of aryl methyl sites for hydroxylation is 1. The largest absolute Gasteiger partial charge is 0.508 e. The van der Waals surface area contributed by atoms with Gasteiger partial charge in [0, 0.05) is 92.7 Å². The van der Waals surface area contributed by atoms with Gasteiger partial charge in [0.1, 0.15) is 34.6 Å². The zero-order valence-corrected chi connectivity index (χ0v) is 42.1. The molecule has 6 fully saturated rings. The highest BCUT2D eigenvalue weighted by Gasteiger charge is 2.56. The molecular formula is C56H65F2N9O6. The number of aliphatic hydroxyl groups is 1. The summed E-state index contributed by atoms with van der Waals surface area (Å²) in [5.41, 5.74) is 2.80. The van der Waals surface area contributed by atoms with Crippen LogP contribution in [0.4, 0.5) is 20.3 Å². The maximum atomic E-state index is 17.2. The number of pyridine rings is 1. The molecular weight excluding hydrogens is 933 g/mol. The van der Waals surface area contributed by atoms with E-state index in [2.05, 4.69) is 38.0 Å². The summed E-state index contributed by atoms with van der Waals surface area (Å²) in [6.45, 7) is 14.5. The second-order valence-electron chi connectivity index (χ2n) is 23.1. The number of phenolic OH excluding ortho intramolecular Hbond substituents is 1. The molecule has 2 aliphatic carbocycles. The molecule has 2 aromatic heterocycles. The van der Waals surface area contributed by atoms with E-state index in [4.69, 9.17) is 14.7 Å². The zero-order valence-electron chi connectivity index (χ0n) is 42.1. The van der Waals surface area contributed by atoms with Crippen LogP contribution in [0.2, 0.25) is 0 Å². The summed E-state index contributed by atoms with van der Waals surface area (Å²) < 4.78 is 38.9. The Morgan fingerprint density at radius 3 is 2.38 bits per heavy atom. The number of amides is 3. The summed E-state index contributed by atoms with van der Waals surface area (Å²) in [5, 5.41) is 25.7. The van der Waals surface area contributed by atoms with Gasteiger partial charge in [0.2, 0.25) is 11.8 Å². The molecule has 3 N–H and O–H groups in total. The van der Waals surface area contributed by atoms with Gasteiger partial charge in [-0.25, -0.2) is 8.78 Å². The molecule has 3 aromatic carbocycles. The number of ether oxygens (including phenoxy) is 1. The lowest BCUT2D eigenvalue weighted by molar-refractivity contribution is -0.136. The molecule has 0 bridgehead atoms. The number of hydrogen-bond acceptors (Lipinski definition) is 13. The number of carbonyl (C=O) groups is 3. The molecule has 1 spiro atoms. The lowest BCUT2D eigenvalue weighted by atomic mass is 9.53. The van der Waals surface area contributed by atoms with Gasteiger partial charge in [0.05, 0.1) is 17.6 Å². The maximum absolute atomic E-state index is 17.2. The van der Waals surface area contributed by atoms with Gasteiger partial charge in [-0.1, -0.05) is 13.0 Å². The van der Waals surface area contributed by atoms with Crippen LogP contribution < -0.4 is 19.9 Å². The van der Waals surface area contributed by atoms with Crippen LogP contribution in [0.3, 0.4) is 0 Å². The molecule has 7 aliphatic rings. The van der Waals surface area contributed by atoms with Crippen molar-refractivity contribution >= 4 is 50.9 Å². The molecule has 15 nitrogen and oxygen atoms in total. The number of aromatic hydroxyl groups is 1. The number of piperazine rings is 1. The standard InChI is InChI=1S/C56H65F2N9O6/c1-4-38-42(57)9-6-34-25-37(68)26-40(45(34)38)47-46(58)48-41(27-59-47)49(65-17-5-12-54(3,72)31-65)62-52(61-48)73-33-56(13-14-56)32-63-18-15-55(16-19-63)29-53(2,30-55)66-22-20-64(21-23-66)36-7-8-39-35(24-36)28-67(51(39)71)43-10-11-44(69)60-50(43)70/h6-9,24-27,43,68,72H,4-5,10-23,28-33H2,1-3H3,(H,60,69,70)/t43?,54-/m1/s1. The molecule has 4 saturated heterocycles. The number of phenols is 1. The van der Waals surface area contributed by atoms with Crippen molar-refractivity contribution in [3.63, 3.8) is 0 Å². The maximum Gasteiger partial charge on any atom is 0.319 e. The number of aromatic nitrogens is 3. The number of likely N-dealkylation sites (tertiary alicyclic amines) is 1. The van der Waals surface area contributed by atoms with Gasteiger partial charge in [0.15, 0.2) is 5.82 Å². The number of carbonyl (C=O) groups excluding carboxylic acids is 3. The predicted octanol–water partition coefficient (Wildman–Crippen LogP) is 7.12. The fourth-order valence-corrected chi connectivity index (χ4v) is 13.8. The first-order chi connectivity index (χ1) is 35.0. The summed E-state index contributed by atoms with van der Waals surface area (Å²) in [7, 11) is 0. The quantitative estimate of drug-likeness (QED) is 0.115. The third-order valence-corrected chi connectivity index (χ3v) is 17.7. The SMILES string of the molecule is CCc1c(F)ccc2cc(O)cc(-c3ncc4c(N5CCC[C@@](C)(O)C5)nc(OCC5(CN6CCC7(CC6)CC(C)(N6CCN(c8ccc9c(c8)CN(C8CCC(=O)NC8=O)C9=O)CC6)C7)CC5)nc4c3F)c12. The summed E-state index contributed by atoms with van der Waals surface area (Å²) in [6.07, 6.45) is 10.6. The van der Waals surface area contributed by atoms with Gasteiger partial charge < -0.3 is 34.5 Å². The van der Waals surface area contributed by atoms with E-state index >= 15 is 8.78 Å². The molecule has 73 heavy (non-hydrogen) atoms. The van der Waals surface area contributed by atoms with Crippen molar-refractivity contribution in [2.75, 3.05) is 75.3 Å².